The van der Waals surface area contributed by atoms with Crippen molar-refractivity contribution in [3.05, 3.63) is 29.8 Å². The second-order valence-corrected chi connectivity index (χ2v) is 5.76. The quantitative estimate of drug-likeness (QED) is 0.784. The Bertz CT molecular complexity index is 320. The molecule has 0 saturated heterocycles. The zero-order valence-corrected chi connectivity index (χ0v) is 11.4. The predicted octanol–water partition coefficient (Wildman–Crippen LogP) is 3.95. The molecule has 0 amide bonds. The summed E-state index contributed by atoms with van der Waals surface area (Å²) in [5.74, 6) is 0.878. The van der Waals surface area contributed by atoms with Gasteiger partial charge in [0.2, 0.25) is 0 Å². The summed E-state index contributed by atoms with van der Waals surface area (Å²) < 4.78 is 5.65. The van der Waals surface area contributed by atoms with Gasteiger partial charge in [-0.25, -0.2) is 0 Å². The molecule has 0 spiro atoms. The summed E-state index contributed by atoms with van der Waals surface area (Å²) in [6.45, 7) is 9.24. The lowest BCUT2D eigenvalue weighted by Gasteiger charge is -2.17. The fourth-order valence-electron chi connectivity index (χ4n) is 1.64. The molecule has 1 aromatic rings. The molecule has 1 N–H and O–H groups in total. The summed E-state index contributed by atoms with van der Waals surface area (Å²) in [7, 11) is 0. The number of hydrogen-bond donors (Lipinski definition) is 1. The first kappa shape index (κ1) is 14.0. The molecule has 0 aliphatic rings. The van der Waals surface area contributed by atoms with Crippen LogP contribution in [0.1, 0.15) is 52.2 Å². The standard InChI is InChI=1S/C15H24O2/c1-12(16)13-6-8-14(9-7-13)17-11-5-10-15(2,3)4/h6-9,12,16H,5,10-11H2,1-4H3. The molecular weight excluding hydrogens is 212 g/mol. The van der Waals surface area contributed by atoms with Gasteiger partial charge in [-0.1, -0.05) is 32.9 Å². The molecule has 0 saturated carbocycles. The van der Waals surface area contributed by atoms with Crippen LogP contribution in [0.2, 0.25) is 0 Å². The van der Waals surface area contributed by atoms with Crippen LogP contribution in [0.4, 0.5) is 0 Å². The van der Waals surface area contributed by atoms with E-state index in [-0.39, 0.29) is 0 Å². The zero-order chi connectivity index (χ0) is 12.9. The Labute approximate surface area is 105 Å². The van der Waals surface area contributed by atoms with Crippen molar-refractivity contribution in [2.24, 2.45) is 5.41 Å². The normalized spacial score (nSPS) is 13.5. The number of aliphatic hydroxyl groups excluding tert-OH is 1. The molecule has 2 nitrogen and oxygen atoms in total. The van der Waals surface area contributed by atoms with Crippen LogP contribution in [-0.2, 0) is 0 Å². The Morgan fingerprint density at radius 3 is 2.24 bits per heavy atom. The summed E-state index contributed by atoms with van der Waals surface area (Å²) in [5, 5.41) is 9.38. The lowest BCUT2D eigenvalue weighted by Crippen LogP contribution is -2.07. The van der Waals surface area contributed by atoms with Crippen molar-refractivity contribution in [2.45, 2.75) is 46.6 Å². The Kier molecular flexibility index (Phi) is 5.01. The first-order valence-corrected chi connectivity index (χ1v) is 6.29. The highest BCUT2D eigenvalue weighted by Crippen LogP contribution is 2.21. The third-order valence-electron chi connectivity index (χ3n) is 2.70. The SMILES string of the molecule is CC(O)c1ccc(OCCCC(C)(C)C)cc1. The van der Waals surface area contributed by atoms with E-state index >= 15 is 0 Å². The van der Waals surface area contributed by atoms with Crippen LogP contribution in [0.5, 0.6) is 5.75 Å². The minimum Gasteiger partial charge on any atom is -0.494 e. The molecule has 0 radical (unpaired) electrons. The second kappa shape index (κ2) is 6.06. The van der Waals surface area contributed by atoms with Crippen molar-refractivity contribution in [3.8, 4) is 5.75 Å². The lowest BCUT2D eigenvalue weighted by molar-refractivity contribution is 0.199. The first-order chi connectivity index (χ1) is 7.88. The smallest absolute Gasteiger partial charge is 0.119 e. The van der Waals surface area contributed by atoms with E-state index in [0.29, 0.717) is 5.41 Å². The van der Waals surface area contributed by atoms with Crippen LogP contribution in [0.3, 0.4) is 0 Å². The average Bonchev–Trinajstić information content (AvgIpc) is 2.24. The third kappa shape index (κ3) is 5.73. The number of ether oxygens (including phenoxy) is 1. The van der Waals surface area contributed by atoms with Crippen LogP contribution in [0.15, 0.2) is 24.3 Å². The Morgan fingerprint density at radius 1 is 1.18 bits per heavy atom. The molecular formula is C15H24O2. The van der Waals surface area contributed by atoms with Crippen molar-refractivity contribution in [2.75, 3.05) is 6.61 Å². The Morgan fingerprint density at radius 2 is 1.76 bits per heavy atom. The molecule has 0 aliphatic heterocycles. The van der Waals surface area contributed by atoms with Crippen molar-refractivity contribution >= 4 is 0 Å². The highest BCUT2D eigenvalue weighted by atomic mass is 16.5. The summed E-state index contributed by atoms with van der Waals surface area (Å²) >= 11 is 0. The van der Waals surface area contributed by atoms with Gasteiger partial charge in [-0.15, -0.1) is 0 Å². The van der Waals surface area contributed by atoms with Crippen LogP contribution in [-0.4, -0.2) is 11.7 Å². The fourth-order valence-corrected chi connectivity index (χ4v) is 1.64. The number of hydrogen-bond acceptors (Lipinski definition) is 2. The topological polar surface area (TPSA) is 29.5 Å². The van der Waals surface area contributed by atoms with Gasteiger partial charge in [0.25, 0.3) is 0 Å². The monoisotopic (exact) mass is 236 g/mol. The summed E-state index contributed by atoms with van der Waals surface area (Å²) in [5.41, 5.74) is 1.30. The third-order valence-corrected chi connectivity index (χ3v) is 2.70. The first-order valence-electron chi connectivity index (χ1n) is 6.29. The minimum atomic E-state index is -0.412. The lowest BCUT2D eigenvalue weighted by atomic mass is 9.91. The zero-order valence-electron chi connectivity index (χ0n) is 11.4. The van der Waals surface area contributed by atoms with Crippen LogP contribution < -0.4 is 4.74 Å². The second-order valence-electron chi connectivity index (χ2n) is 5.76. The maximum Gasteiger partial charge on any atom is 0.119 e. The molecule has 96 valence electrons. The predicted molar refractivity (Wildman–Crippen MR) is 71.3 cm³/mol. The van der Waals surface area contributed by atoms with Gasteiger partial charge in [-0.3, -0.25) is 0 Å². The number of benzene rings is 1. The molecule has 1 unspecified atom stereocenters. The molecule has 1 rings (SSSR count). The van der Waals surface area contributed by atoms with Crippen molar-refractivity contribution in [1.29, 1.82) is 0 Å². The van der Waals surface area contributed by atoms with E-state index in [4.69, 9.17) is 4.74 Å². The van der Waals surface area contributed by atoms with E-state index in [1.165, 1.54) is 6.42 Å². The molecule has 0 heterocycles. The number of rotatable bonds is 5. The van der Waals surface area contributed by atoms with E-state index in [9.17, 15) is 5.11 Å². The molecule has 0 fully saturated rings. The van der Waals surface area contributed by atoms with Gasteiger partial charge in [0.1, 0.15) is 5.75 Å². The van der Waals surface area contributed by atoms with Gasteiger partial charge in [-0.2, -0.15) is 0 Å². The van der Waals surface area contributed by atoms with Gasteiger partial charge in [0.05, 0.1) is 12.7 Å². The van der Waals surface area contributed by atoms with Gasteiger partial charge >= 0.3 is 0 Å². The minimum absolute atomic E-state index is 0.375. The van der Waals surface area contributed by atoms with Gasteiger partial charge in [0, 0.05) is 0 Å². The van der Waals surface area contributed by atoms with E-state index in [0.717, 1.165) is 24.3 Å². The van der Waals surface area contributed by atoms with Crippen molar-refractivity contribution < 1.29 is 9.84 Å². The molecule has 1 aromatic carbocycles. The average molecular weight is 236 g/mol. The van der Waals surface area contributed by atoms with E-state index in [1.54, 1.807) is 6.92 Å². The summed E-state index contributed by atoms with van der Waals surface area (Å²) in [6.07, 6.45) is 1.82. The molecule has 1 atom stereocenters. The van der Waals surface area contributed by atoms with Gasteiger partial charge in [-0.05, 0) is 42.9 Å². The summed E-state index contributed by atoms with van der Waals surface area (Å²) in [6, 6.07) is 7.64. The molecule has 2 heteroatoms. The molecule has 0 aromatic heterocycles. The van der Waals surface area contributed by atoms with E-state index < -0.39 is 6.10 Å². The van der Waals surface area contributed by atoms with Gasteiger partial charge in [0.15, 0.2) is 0 Å². The van der Waals surface area contributed by atoms with Crippen LogP contribution in [0, 0.1) is 5.41 Å². The highest BCUT2D eigenvalue weighted by Gasteiger charge is 2.09. The maximum absolute atomic E-state index is 9.38. The Hall–Kier alpha value is -1.02. The van der Waals surface area contributed by atoms with Gasteiger partial charge < -0.3 is 9.84 Å². The molecule has 0 bridgehead atoms. The summed E-state index contributed by atoms with van der Waals surface area (Å²) in [4.78, 5) is 0. The Balaban J connectivity index is 2.33. The van der Waals surface area contributed by atoms with E-state index in [1.807, 2.05) is 24.3 Å². The fraction of sp³-hybridized carbons (Fsp3) is 0.600. The largest absolute Gasteiger partial charge is 0.494 e. The highest BCUT2D eigenvalue weighted by molar-refractivity contribution is 5.28. The van der Waals surface area contributed by atoms with Crippen LogP contribution >= 0.6 is 0 Å². The van der Waals surface area contributed by atoms with Crippen molar-refractivity contribution in [1.82, 2.24) is 0 Å². The van der Waals surface area contributed by atoms with Crippen LogP contribution in [0.25, 0.3) is 0 Å². The number of aliphatic hydroxyl groups is 1. The van der Waals surface area contributed by atoms with Crippen molar-refractivity contribution in [3.63, 3.8) is 0 Å². The molecule has 17 heavy (non-hydrogen) atoms. The maximum atomic E-state index is 9.38. The van der Waals surface area contributed by atoms with E-state index in [2.05, 4.69) is 20.8 Å². The molecule has 0 aliphatic carbocycles.